The normalized spacial score (nSPS) is 19.9. The van der Waals surface area contributed by atoms with Gasteiger partial charge in [-0.15, -0.1) is 0 Å². The largest absolute Gasteiger partial charge is 0.497 e. The first-order chi connectivity index (χ1) is 13.2. The van der Waals surface area contributed by atoms with Gasteiger partial charge in [-0.1, -0.05) is 18.2 Å². The van der Waals surface area contributed by atoms with Crippen molar-refractivity contribution in [3.8, 4) is 5.75 Å². The first-order valence-corrected chi connectivity index (χ1v) is 10.4. The predicted molar refractivity (Wildman–Crippen MR) is 109 cm³/mol. The van der Waals surface area contributed by atoms with Crippen molar-refractivity contribution >= 4 is 28.2 Å². The van der Waals surface area contributed by atoms with Gasteiger partial charge in [0.25, 0.3) is 0 Å². The highest BCUT2D eigenvalue weighted by molar-refractivity contribution is 7.88. The van der Waals surface area contributed by atoms with Crippen molar-refractivity contribution < 1.29 is 14.1 Å². The van der Waals surface area contributed by atoms with E-state index in [-0.39, 0.29) is 0 Å². The molecule has 2 aromatic rings. The van der Waals surface area contributed by atoms with Crippen LogP contribution >= 0.6 is 0 Å². The lowest BCUT2D eigenvalue weighted by molar-refractivity contribution is 0.164. The molecule has 4 rings (SSSR count). The summed E-state index contributed by atoms with van der Waals surface area (Å²) in [5, 5.41) is 13.6. The number of ether oxygens (including phenoxy) is 1. The second-order valence-corrected chi connectivity index (χ2v) is 8.21. The number of fused-ring (bicyclic) bond motifs is 1. The van der Waals surface area contributed by atoms with Crippen LogP contribution in [-0.4, -0.2) is 41.7 Å². The third-order valence-electron chi connectivity index (χ3n) is 4.89. The van der Waals surface area contributed by atoms with Crippen molar-refractivity contribution in [2.75, 3.05) is 28.8 Å². The molecule has 1 aliphatic heterocycles. The van der Waals surface area contributed by atoms with E-state index >= 15 is 0 Å². The third-order valence-corrected chi connectivity index (χ3v) is 6.36. The lowest BCUT2D eigenvalue weighted by atomic mass is 10.2. The van der Waals surface area contributed by atoms with Gasteiger partial charge in [0.2, 0.25) is 11.2 Å². The van der Waals surface area contributed by atoms with E-state index < -0.39 is 17.3 Å². The van der Waals surface area contributed by atoms with Crippen LogP contribution in [0.2, 0.25) is 0 Å². The number of para-hydroxylation sites is 2. The van der Waals surface area contributed by atoms with E-state index in [2.05, 4.69) is 5.32 Å². The fraction of sp³-hybridized carbons (Fsp3) is 0.400. The molecule has 1 aliphatic carbocycles. The monoisotopic (exact) mass is 387 g/mol. The Balaban J connectivity index is 1.52. The average molecular weight is 388 g/mol. The molecule has 6 nitrogen and oxygen atoms in total. The first-order valence-electron chi connectivity index (χ1n) is 9.31. The number of rotatable bonds is 8. The zero-order chi connectivity index (χ0) is 18.8. The van der Waals surface area contributed by atoms with E-state index in [0.717, 1.165) is 22.8 Å². The highest BCUT2D eigenvalue weighted by atomic mass is 32.2. The van der Waals surface area contributed by atoms with Gasteiger partial charge in [-0.25, -0.2) is 8.51 Å². The van der Waals surface area contributed by atoms with Gasteiger partial charge < -0.3 is 15.2 Å². The second kappa shape index (κ2) is 7.88. The van der Waals surface area contributed by atoms with Crippen LogP contribution < -0.4 is 18.7 Å². The van der Waals surface area contributed by atoms with Crippen LogP contribution in [0.3, 0.4) is 0 Å². The van der Waals surface area contributed by atoms with Crippen LogP contribution in [0.25, 0.3) is 0 Å². The number of hydrogen-bond donors (Lipinski definition) is 2. The van der Waals surface area contributed by atoms with Gasteiger partial charge in [0.05, 0.1) is 30.3 Å². The Labute approximate surface area is 162 Å². The van der Waals surface area contributed by atoms with Crippen molar-refractivity contribution in [3.63, 3.8) is 0 Å². The summed E-state index contributed by atoms with van der Waals surface area (Å²) >= 11 is -1.39. The molecule has 0 bridgehead atoms. The molecule has 2 aliphatic rings. The Morgan fingerprint density at radius 1 is 1.22 bits per heavy atom. The van der Waals surface area contributed by atoms with Gasteiger partial charge in [-0.3, -0.25) is 4.31 Å². The molecule has 0 aromatic heterocycles. The van der Waals surface area contributed by atoms with Crippen LogP contribution in [0.1, 0.15) is 19.3 Å². The Morgan fingerprint density at radius 2 is 2.00 bits per heavy atom. The smallest absolute Gasteiger partial charge is 0.230 e. The van der Waals surface area contributed by atoms with Crippen LogP contribution in [0.15, 0.2) is 48.5 Å². The zero-order valence-corrected chi connectivity index (χ0v) is 16.2. The van der Waals surface area contributed by atoms with Gasteiger partial charge in [0.15, 0.2) is 0 Å². The maximum Gasteiger partial charge on any atom is 0.230 e. The molecule has 1 fully saturated rings. The number of benzene rings is 2. The molecule has 1 heterocycles. The van der Waals surface area contributed by atoms with E-state index in [1.807, 2.05) is 57.1 Å². The van der Waals surface area contributed by atoms with Gasteiger partial charge in [0, 0.05) is 25.2 Å². The summed E-state index contributed by atoms with van der Waals surface area (Å²) in [6, 6.07) is 16.0. The lowest BCUT2D eigenvalue weighted by Gasteiger charge is -2.21. The van der Waals surface area contributed by atoms with Crippen molar-refractivity contribution in [2.24, 2.45) is 0 Å². The highest BCUT2D eigenvalue weighted by Gasteiger charge is 2.34. The van der Waals surface area contributed by atoms with Crippen LogP contribution in [0.4, 0.5) is 17.1 Å². The maximum atomic E-state index is 13.3. The first kappa shape index (κ1) is 18.3. The lowest BCUT2D eigenvalue weighted by Crippen LogP contribution is -2.34. The van der Waals surface area contributed by atoms with E-state index in [1.165, 1.54) is 12.8 Å². The molecule has 27 heavy (non-hydrogen) atoms. The molecular formula is C20H25N3O3S. The van der Waals surface area contributed by atoms with E-state index in [1.54, 1.807) is 7.11 Å². The maximum absolute atomic E-state index is 13.3. The van der Waals surface area contributed by atoms with Gasteiger partial charge in [-0.2, -0.15) is 0 Å². The van der Waals surface area contributed by atoms with Crippen LogP contribution in [0, 0.1) is 0 Å². The Kier molecular flexibility index (Phi) is 5.33. The molecule has 2 N–H and O–H groups in total. The van der Waals surface area contributed by atoms with E-state index in [9.17, 15) is 9.32 Å². The minimum Gasteiger partial charge on any atom is -0.497 e. The molecule has 0 radical (unpaired) electrons. The predicted octanol–water partition coefficient (Wildman–Crippen LogP) is 2.74. The minimum atomic E-state index is -1.39. The molecule has 2 unspecified atom stereocenters. The van der Waals surface area contributed by atoms with Gasteiger partial charge in [-0.05, 0) is 43.5 Å². The summed E-state index contributed by atoms with van der Waals surface area (Å²) in [5.41, 5.74) is 2.63. The highest BCUT2D eigenvalue weighted by Crippen LogP contribution is 2.43. The summed E-state index contributed by atoms with van der Waals surface area (Å²) in [6.07, 6.45) is 2.52. The van der Waals surface area contributed by atoms with E-state index in [0.29, 0.717) is 25.6 Å². The molecule has 2 aromatic carbocycles. The molecular weight excluding hydrogens is 362 g/mol. The Bertz CT molecular complexity index is 828. The summed E-state index contributed by atoms with van der Waals surface area (Å²) in [6.45, 7) is 1.12. The summed E-state index contributed by atoms with van der Waals surface area (Å²) < 4.78 is 22.3. The van der Waals surface area contributed by atoms with Crippen LogP contribution in [-0.2, 0) is 11.2 Å². The molecule has 0 spiro atoms. The minimum absolute atomic E-state index is 0.444. The number of aliphatic hydroxyl groups is 1. The standard InChI is InChI=1S/C20H25N3O3S/c1-26-18-6-4-5-16(13-18)23-20-8-3-2-7-19(20)22(27(23)25)12-11-17(24)14-21-15-9-10-15/h2-8,13,15,17,21,24H,9-12,14H2,1H3. The summed E-state index contributed by atoms with van der Waals surface area (Å²) in [4.78, 5) is 0. The zero-order valence-electron chi connectivity index (χ0n) is 15.4. The number of anilines is 3. The quantitative estimate of drug-likeness (QED) is 0.731. The van der Waals surface area contributed by atoms with E-state index in [4.69, 9.17) is 4.74 Å². The SMILES string of the molecule is COc1cccc(N2c3ccccc3N(CCC(O)CNC3CC3)S2=O)c1. The van der Waals surface area contributed by atoms with Crippen molar-refractivity contribution in [3.05, 3.63) is 48.5 Å². The van der Waals surface area contributed by atoms with Crippen molar-refractivity contribution in [2.45, 2.75) is 31.4 Å². The van der Waals surface area contributed by atoms with Crippen LogP contribution in [0.5, 0.6) is 5.75 Å². The molecule has 0 amide bonds. The number of hydrogen-bond acceptors (Lipinski definition) is 4. The number of nitrogens with one attached hydrogen (secondary N) is 1. The van der Waals surface area contributed by atoms with Gasteiger partial charge >= 0.3 is 0 Å². The summed E-state index contributed by atoms with van der Waals surface area (Å²) in [5.74, 6) is 0.724. The fourth-order valence-corrected chi connectivity index (χ4v) is 4.63. The topological polar surface area (TPSA) is 65.0 Å². The molecule has 0 saturated heterocycles. The molecule has 144 valence electrons. The van der Waals surface area contributed by atoms with Gasteiger partial charge in [0.1, 0.15) is 5.75 Å². The molecule has 2 atom stereocenters. The Hall–Kier alpha value is -2.09. The number of nitrogens with zero attached hydrogens (tertiary/aromatic N) is 2. The average Bonchev–Trinajstić information content (AvgIpc) is 3.48. The van der Waals surface area contributed by atoms with Crippen molar-refractivity contribution in [1.82, 2.24) is 5.32 Å². The fourth-order valence-electron chi connectivity index (χ4n) is 3.24. The van der Waals surface area contributed by atoms with Crippen molar-refractivity contribution in [1.29, 1.82) is 0 Å². The number of aliphatic hydroxyl groups excluding tert-OH is 1. The number of methoxy groups -OCH3 is 1. The third kappa shape index (κ3) is 3.95. The second-order valence-electron chi connectivity index (χ2n) is 6.94. The molecule has 7 heteroatoms. The summed E-state index contributed by atoms with van der Waals surface area (Å²) in [7, 11) is 1.62. The Morgan fingerprint density at radius 3 is 2.74 bits per heavy atom. The molecule has 1 saturated carbocycles.